The van der Waals surface area contributed by atoms with Gasteiger partial charge in [0, 0.05) is 24.7 Å². The third-order valence-electron chi connectivity index (χ3n) is 3.64. The first-order valence-corrected chi connectivity index (χ1v) is 6.83. The summed E-state index contributed by atoms with van der Waals surface area (Å²) in [7, 11) is 1.65. The zero-order valence-corrected chi connectivity index (χ0v) is 11.5. The largest absolute Gasteiger partial charge is 0.497 e. The number of piperidine rings is 1. The summed E-state index contributed by atoms with van der Waals surface area (Å²) in [5, 5.41) is 7.30. The maximum atomic E-state index is 5.91. The van der Waals surface area contributed by atoms with Gasteiger partial charge in [0.2, 0.25) is 5.95 Å². The van der Waals surface area contributed by atoms with Crippen LogP contribution in [-0.2, 0) is 0 Å². The van der Waals surface area contributed by atoms with E-state index in [-0.39, 0.29) is 0 Å². The van der Waals surface area contributed by atoms with E-state index in [2.05, 4.69) is 20.1 Å². The highest BCUT2D eigenvalue weighted by molar-refractivity contribution is 5.58. The molecule has 0 amide bonds. The molecule has 0 spiro atoms. The predicted octanol–water partition coefficient (Wildman–Crippen LogP) is 1.41. The molecule has 1 aromatic heterocycles. The van der Waals surface area contributed by atoms with Crippen molar-refractivity contribution >= 4 is 5.95 Å². The fourth-order valence-electron chi connectivity index (χ4n) is 2.39. The van der Waals surface area contributed by atoms with E-state index in [4.69, 9.17) is 10.5 Å². The Bertz CT molecular complexity index is 574. The molecule has 2 heterocycles. The number of aromatic amines is 1. The molecule has 1 saturated heterocycles. The molecule has 1 aliphatic rings. The molecule has 1 fully saturated rings. The lowest BCUT2D eigenvalue weighted by Gasteiger charge is -2.28. The Kier molecular flexibility index (Phi) is 3.56. The van der Waals surface area contributed by atoms with Gasteiger partial charge >= 0.3 is 0 Å². The summed E-state index contributed by atoms with van der Waals surface area (Å²) in [4.78, 5) is 6.74. The lowest BCUT2D eigenvalue weighted by Crippen LogP contribution is -2.40. The first kappa shape index (κ1) is 12.9. The van der Waals surface area contributed by atoms with Crippen molar-refractivity contribution in [3.8, 4) is 17.1 Å². The van der Waals surface area contributed by atoms with Crippen LogP contribution in [0, 0.1) is 0 Å². The summed E-state index contributed by atoms with van der Waals surface area (Å²) in [6.07, 6.45) is 1.98. The first-order valence-electron chi connectivity index (χ1n) is 6.83. The van der Waals surface area contributed by atoms with Gasteiger partial charge in [-0.1, -0.05) is 12.1 Å². The number of methoxy groups -OCH3 is 1. The first-order chi connectivity index (χ1) is 9.76. The molecule has 6 nitrogen and oxygen atoms in total. The number of rotatable bonds is 3. The van der Waals surface area contributed by atoms with E-state index in [1.54, 1.807) is 7.11 Å². The van der Waals surface area contributed by atoms with E-state index in [1.165, 1.54) is 0 Å². The number of hydrogen-bond acceptors (Lipinski definition) is 5. The number of H-pyrrole nitrogens is 1. The van der Waals surface area contributed by atoms with E-state index >= 15 is 0 Å². The fourth-order valence-corrected chi connectivity index (χ4v) is 2.39. The van der Waals surface area contributed by atoms with Crippen LogP contribution in [0.3, 0.4) is 0 Å². The highest BCUT2D eigenvalue weighted by Gasteiger charge is 2.19. The smallest absolute Gasteiger partial charge is 0.245 e. The van der Waals surface area contributed by atoms with Crippen molar-refractivity contribution in [3.05, 3.63) is 24.3 Å². The second kappa shape index (κ2) is 5.50. The summed E-state index contributed by atoms with van der Waals surface area (Å²) in [6.45, 7) is 1.83. The number of benzene rings is 1. The van der Waals surface area contributed by atoms with Gasteiger partial charge in [-0.25, -0.2) is 0 Å². The lowest BCUT2D eigenvalue weighted by atomic mass is 10.1. The third kappa shape index (κ3) is 2.60. The van der Waals surface area contributed by atoms with Crippen LogP contribution in [0.4, 0.5) is 5.95 Å². The second-order valence-corrected chi connectivity index (χ2v) is 5.04. The molecule has 1 aromatic carbocycles. The van der Waals surface area contributed by atoms with Crippen LogP contribution in [0.5, 0.6) is 5.75 Å². The molecular weight excluding hydrogens is 254 g/mol. The average molecular weight is 273 g/mol. The van der Waals surface area contributed by atoms with Crippen LogP contribution >= 0.6 is 0 Å². The summed E-state index contributed by atoms with van der Waals surface area (Å²) in [6, 6.07) is 8.08. The van der Waals surface area contributed by atoms with Crippen molar-refractivity contribution in [2.45, 2.75) is 18.9 Å². The van der Waals surface area contributed by atoms with Crippen molar-refractivity contribution in [1.82, 2.24) is 15.2 Å². The predicted molar refractivity (Wildman–Crippen MR) is 77.8 cm³/mol. The standard InChI is InChI=1S/C14H19N5O/c1-20-12-4-2-3-10(9-12)13-16-14(18-17-13)19-7-5-11(15)6-8-19/h2-4,9,11H,5-8,15H2,1H3,(H,16,17,18). The highest BCUT2D eigenvalue weighted by Crippen LogP contribution is 2.23. The topological polar surface area (TPSA) is 80.1 Å². The Morgan fingerprint density at radius 3 is 2.90 bits per heavy atom. The van der Waals surface area contributed by atoms with E-state index < -0.39 is 0 Å². The van der Waals surface area contributed by atoms with Gasteiger partial charge in [0.25, 0.3) is 0 Å². The lowest BCUT2D eigenvalue weighted by molar-refractivity contribution is 0.415. The number of nitrogens with zero attached hydrogens (tertiary/aromatic N) is 3. The van der Waals surface area contributed by atoms with Crippen LogP contribution in [0.15, 0.2) is 24.3 Å². The number of anilines is 1. The minimum absolute atomic E-state index is 0.308. The van der Waals surface area contributed by atoms with Gasteiger partial charge in [-0.05, 0) is 25.0 Å². The van der Waals surface area contributed by atoms with Crippen LogP contribution in [0.25, 0.3) is 11.4 Å². The number of nitrogens with two attached hydrogens (primary N) is 1. The maximum Gasteiger partial charge on any atom is 0.245 e. The zero-order valence-electron chi connectivity index (χ0n) is 11.5. The van der Waals surface area contributed by atoms with Crippen molar-refractivity contribution in [1.29, 1.82) is 0 Å². The summed E-state index contributed by atoms with van der Waals surface area (Å²) < 4.78 is 5.22. The SMILES string of the molecule is COc1cccc(-c2nc(N3CCC(N)CC3)n[nH]2)c1. The molecule has 1 aliphatic heterocycles. The van der Waals surface area contributed by atoms with Gasteiger partial charge in [-0.2, -0.15) is 4.98 Å². The van der Waals surface area contributed by atoms with Crippen molar-refractivity contribution < 1.29 is 4.74 Å². The molecular formula is C14H19N5O. The van der Waals surface area contributed by atoms with Crippen LogP contribution in [0.2, 0.25) is 0 Å². The molecule has 0 radical (unpaired) electrons. The van der Waals surface area contributed by atoms with E-state index in [0.29, 0.717) is 6.04 Å². The summed E-state index contributed by atoms with van der Waals surface area (Å²) >= 11 is 0. The molecule has 0 bridgehead atoms. The Morgan fingerprint density at radius 2 is 2.15 bits per heavy atom. The monoisotopic (exact) mass is 273 g/mol. The molecule has 20 heavy (non-hydrogen) atoms. The van der Waals surface area contributed by atoms with Crippen molar-refractivity contribution in [3.63, 3.8) is 0 Å². The molecule has 6 heteroatoms. The summed E-state index contributed by atoms with van der Waals surface area (Å²) in [5.74, 6) is 2.31. The zero-order chi connectivity index (χ0) is 13.9. The highest BCUT2D eigenvalue weighted by atomic mass is 16.5. The molecule has 106 valence electrons. The Balaban J connectivity index is 1.79. The molecule has 3 rings (SSSR count). The van der Waals surface area contributed by atoms with Crippen LogP contribution in [-0.4, -0.2) is 41.4 Å². The third-order valence-corrected chi connectivity index (χ3v) is 3.64. The van der Waals surface area contributed by atoms with Crippen LogP contribution < -0.4 is 15.4 Å². The van der Waals surface area contributed by atoms with Gasteiger partial charge in [0.1, 0.15) is 5.75 Å². The molecule has 2 aromatic rings. The van der Waals surface area contributed by atoms with Gasteiger partial charge in [-0.15, -0.1) is 5.10 Å². The van der Waals surface area contributed by atoms with Crippen molar-refractivity contribution in [2.75, 3.05) is 25.1 Å². The molecule has 0 atom stereocenters. The van der Waals surface area contributed by atoms with E-state index in [9.17, 15) is 0 Å². The Labute approximate surface area is 118 Å². The van der Waals surface area contributed by atoms with Crippen LogP contribution in [0.1, 0.15) is 12.8 Å². The normalized spacial score (nSPS) is 16.4. The molecule has 3 N–H and O–H groups in total. The second-order valence-electron chi connectivity index (χ2n) is 5.04. The number of aromatic nitrogens is 3. The number of hydrogen-bond donors (Lipinski definition) is 2. The van der Waals surface area contributed by atoms with E-state index in [1.807, 2.05) is 24.3 Å². The fraction of sp³-hybridized carbons (Fsp3) is 0.429. The van der Waals surface area contributed by atoms with E-state index in [0.717, 1.165) is 49.0 Å². The number of nitrogens with one attached hydrogen (secondary N) is 1. The van der Waals surface area contributed by atoms with Gasteiger partial charge in [-0.3, -0.25) is 5.10 Å². The Hall–Kier alpha value is -2.08. The molecule has 0 unspecified atom stereocenters. The number of ether oxygens (including phenoxy) is 1. The maximum absolute atomic E-state index is 5.91. The minimum Gasteiger partial charge on any atom is -0.497 e. The van der Waals surface area contributed by atoms with Crippen molar-refractivity contribution in [2.24, 2.45) is 5.73 Å². The quantitative estimate of drug-likeness (QED) is 0.883. The van der Waals surface area contributed by atoms with Gasteiger partial charge in [0.15, 0.2) is 5.82 Å². The van der Waals surface area contributed by atoms with Gasteiger partial charge in [0.05, 0.1) is 7.11 Å². The molecule has 0 saturated carbocycles. The van der Waals surface area contributed by atoms with Gasteiger partial charge < -0.3 is 15.4 Å². The molecule has 0 aliphatic carbocycles. The average Bonchev–Trinajstić information content (AvgIpc) is 2.98. The minimum atomic E-state index is 0.308. The summed E-state index contributed by atoms with van der Waals surface area (Å²) in [5.41, 5.74) is 6.88. The Morgan fingerprint density at radius 1 is 1.35 bits per heavy atom.